The molecule has 1 fully saturated rings. The van der Waals surface area contributed by atoms with Gasteiger partial charge in [-0.05, 0) is 13.8 Å². The number of nitrogens with zero attached hydrogens (tertiary/aromatic N) is 1. The van der Waals surface area contributed by atoms with Crippen LogP contribution in [-0.2, 0) is 14.3 Å². The van der Waals surface area contributed by atoms with Crippen molar-refractivity contribution in [2.45, 2.75) is 45.0 Å². The Kier molecular flexibility index (Phi) is 3.80. The van der Waals surface area contributed by atoms with Crippen molar-refractivity contribution in [3.63, 3.8) is 0 Å². The van der Waals surface area contributed by atoms with Crippen LogP contribution in [0, 0.1) is 0 Å². The van der Waals surface area contributed by atoms with Crippen molar-refractivity contribution < 1.29 is 19.1 Å². The minimum atomic E-state index is -0.869. The van der Waals surface area contributed by atoms with Crippen LogP contribution in [0.15, 0.2) is 4.99 Å². The third kappa shape index (κ3) is 3.28. The molecule has 0 aromatic heterocycles. The van der Waals surface area contributed by atoms with Gasteiger partial charge in [-0.2, -0.15) is 0 Å². The third-order valence-corrected chi connectivity index (χ3v) is 2.06. The molecular formula is C9H13NO4. The zero-order valence-corrected chi connectivity index (χ0v) is 8.23. The van der Waals surface area contributed by atoms with E-state index in [2.05, 4.69) is 4.99 Å². The van der Waals surface area contributed by atoms with Gasteiger partial charge in [0.2, 0.25) is 6.08 Å². The lowest BCUT2D eigenvalue weighted by atomic mass is 10.0. The largest absolute Gasteiger partial charge is 0.444 e. The predicted molar refractivity (Wildman–Crippen MR) is 47.6 cm³/mol. The van der Waals surface area contributed by atoms with E-state index in [1.807, 2.05) is 13.8 Å². The van der Waals surface area contributed by atoms with E-state index in [0.29, 0.717) is 12.8 Å². The zero-order chi connectivity index (χ0) is 10.6. The molecule has 1 heterocycles. The molecule has 0 spiro atoms. The van der Waals surface area contributed by atoms with Gasteiger partial charge in [0, 0.05) is 12.8 Å². The summed E-state index contributed by atoms with van der Waals surface area (Å²) in [5, 5.41) is 0. The van der Waals surface area contributed by atoms with Gasteiger partial charge in [-0.1, -0.05) is 4.99 Å². The highest BCUT2D eigenvalue weighted by Gasteiger charge is 2.26. The summed E-state index contributed by atoms with van der Waals surface area (Å²) in [7, 11) is 0. The van der Waals surface area contributed by atoms with Crippen molar-refractivity contribution >= 4 is 12.2 Å². The van der Waals surface area contributed by atoms with Crippen molar-refractivity contribution in [2.75, 3.05) is 0 Å². The van der Waals surface area contributed by atoms with Gasteiger partial charge in [0.15, 0.2) is 0 Å². The Balaban J connectivity index is 2.44. The Morgan fingerprint density at radius 2 is 2.00 bits per heavy atom. The quantitative estimate of drug-likeness (QED) is 0.473. The maximum absolute atomic E-state index is 10.8. The molecule has 2 atom stereocenters. The number of carbonyl (C=O) groups is 1. The minimum Gasteiger partial charge on any atom is -0.444 e. The summed E-state index contributed by atoms with van der Waals surface area (Å²) >= 11 is 0. The lowest BCUT2D eigenvalue weighted by Crippen LogP contribution is -2.34. The second-order valence-corrected chi connectivity index (χ2v) is 3.44. The van der Waals surface area contributed by atoms with E-state index in [4.69, 9.17) is 9.47 Å². The summed E-state index contributed by atoms with van der Waals surface area (Å²) in [6, 6.07) is 0. The standard InChI is InChI=1S/C9H13NO4/c1-6-3-8(4-7(2)13-6)14-9(12)10-5-11/h6-8H,3-4H2,1-2H3. The molecule has 0 N–H and O–H groups in total. The molecule has 0 aliphatic carbocycles. The van der Waals surface area contributed by atoms with Gasteiger partial charge in [0.25, 0.3) is 0 Å². The molecule has 1 aliphatic heterocycles. The maximum atomic E-state index is 10.8. The summed E-state index contributed by atoms with van der Waals surface area (Å²) in [5.74, 6) is 0. The smallest absolute Gasteiger partial charge is 0.444 e. The molecule has 5 nitrogen and oxygen atoms in total. The van der Waals surface area contributed by atoms with Crippen LogP contribution in [0.1, 0.15) is 26.7 Å². The fourth-order valence-electron chi connectivity index (χ4n) is 1.65. The molecule has 0 aromatic rings. The van der Waals surface area contributed by atoms with E-state index >= 15 is 0 Å². The molecule has 0 aromatic carbocycles. The lowest BCUT2D eigenvalue weighted by Gasteiger charge is -2.30. The molecule has 1 rings (SSSR count). The average Bonchev–Trinajstić information content (AvgIpc) is 2.01. The van der Waals surface area contributed by atoms with Crippen LogP contribution < -0.4 is 0 Å². The van der Waals surface area contributed by atoms with E-state index in [1.165, 1.54) is 0 Å². The van der Waals surface area contributed by atoms with Crippen molar-refractivity contribution in [3.05, 3.63) is 0 Å². The van der Waals surface area contributed by atoms with Crippen LogP contribution in [0.25, 0.3) is 0 Å². The minimum absolute atomic E-state index is 0.0664. The molecule has 0 bridgehead atoms. The summed E-state index contributed by atoms with van der Waals surface area (Å²) in [6.45, 7) is 3.83. The fourth-order valence-corrected chi connectivity index (χ4v) is 1.65. The number of hydrogen-bond acceptors (Lipinski definition) is 4. The van der Waals surface area contributed by atoms with E-state index in [1.54, 1.807) is 0 Å². The molecule has 1 saturated heterocycles. The highest BCUT2D eigenvalue weighted by molar-refractivity contribution is 5.74. The molecule has 1 amide bonds. The van der Waals surface area contributed by atoms with Gasteiger partial charge in [-0.25, -0.2) is 9.59 Å². The van der Waals surface area contributed by atoms with Gasteiger partial charge in [0.05, 0.1) is 12.2 Å². The molecule has 0 saturated carbocycles. The Morgan fingerprint density at radius 3 is 2.50 bits per heavy atom. The number of carbonyl (C=O) groups excluding carboxylic acids is 2. The normalized spacial score (nSPS) is 31.7. The van der Waals surface area contributed by atoms with E-state index in [0.717, 1.165) is 6.08 Å². The fraction of sp³-hybridized carbons (Fsp3) is 0.778. The molecule has 14 heavy (non-hydrogen) atoms. The van der Waals surface area contributed by atoms with Crippen molar-refractivity contribution in [2.24, 2.45) is 4.99 Å². The Labute approximate surface area is 82.1 Å². The first-order valence-corrected chi connectivity index (χ1v) is 4.55. The van der Waals surface area contributed by atoms with Crippen LogP contribution in [0.4, 0.5) is 4.79 Å². The van der Waals surface area contributed by atoms with Crippen LogP contribution in [0.2, 0.25) is 0 Å². The number of aliphatic imine (C=N–C) groups is 1. The van der Waals surface area contributed by atoms with Crippen LogP contribution in [-0.4, -0.2) is 30.5 Å². The van der Waals surface area contributed by atoms with Crippen molar-refractivity contribution in [3.8, 4) is 0 Å². The SMILES string of the molecule is CC1CC(OC(=O)N=C=O)CC(C)O1. The topological polar surface area (TPSA) is 65.0 Å². The highest BCUT2D eigenvalue weighted by Crippen LogP contribution is 2.21. The number of isocyanates is 1. The molecule has 2 unspecified atom stereocenters. The maximum Gasteiger partial charge on any atom is 0.444 e. The predicted octanol–water partition coefficient (Wildman–Crippen LogP) is 1.41. The van der Waals surface area contributed by atoms with Gasteiger partial charge in [-0.15, -0.1) is 0 Å². The first-order chi connectivity index (χ1) is 6.61. The van der Waals surface area contributed by atoms with Crippen LogP contribution in [0.5, 0.6) is 0 Å². The summed E-state index contributed by atoms with van der Waals surface area (Å²) in [6.07, 6.45) is 1.49. The van der Waals surface area contributed by atoms with E-state index in [-0.39, 0.29) is 18.3 Å². The Morgan fingerprint density at radius 1 is 1.43 bits per heavy atom. The van der Waals surface area contributed by atoms with Gasteiger partial charge < -0.3 is 9.47 Å². The van der Waals surface area contributed by atoms with E-state index < -0.39 is 6.09 Å². The lowest BCUT2D eigenvalue weighted by molar-refractivity contribution is -0.0807. The molecular weight excluding hydrogens is 186 g/mol. The second-order valence-electron chi connectivity index (χ2n) is 3.44. The molecule has 5 heteroatoms. The summed E-state index contributed by atoms with van der Waals surface area (Å²) in [4.78, 5) is 23.5. The van der Waals surface area contributed by atoms with Gasteiger partial charge in [0.1, 0.15) is 6.10 Å². The summed E-state index contributed by atoms with van der Waals surface area (Å²) < 4.78 is 10.4. The first kappa shape index (κ1) is 10.9. The number of amides is 1. The second kappa shape index (κ2) is 4.88. The average molecular weight is 199 g/mol. The highest BCUT2D eigenvalue weighted by atomic mass is 16.6. The first-order valence-electron chi connectivity index (χ1n) is 4.55. The molecule has 78 valence electrons. The molecule has 0 radical (unpaired) electrons. The Hall–Kier alpha value is -1.19. The third-order valence-electron chi connectivity index (χ3n) is 2.06. The zero-order valence-electron chi connectivity index (χ0n) is 8.23. The number of ether oxygens (including phenoxy) is 2. The van der Waals surface area contributed by atoms with Gasteiger partial charge in [-0.3, -0.25) is 0 Å². The monoisotopic (exact) mass is 199 g/mol. The number of hydrogen-bond donors (Lipinski definition) is 0. The number of rotatable bonds is 1. The molecule has 1 aliphatic rings. The Bertz CT molecular complexity index is 250. The van der Waals surface area contributed by atoms with Crippen molar-refractivity contribution in [1.82, 2.24) is 0 Å². The van der Waals surface area contributed by atoms with Crippen molar-refractivity contribution in [1.29, 1.82) is 0 Å². The van der Waals surface area contributed by atoms with E-state index in [9.17, 15) is 9.59 Å². The van der Waals surface area contributed by atoms with Gasteiger partial charge >= 0.3 is 6.09 Å². The van der Waals surface area contributed by atoms with Crippen LogP contribution >= 0.6 is 0 Å². The van der Waals surface area contributed by atoms with Crippen LogP contribution in [0.3, 0.4) is 0 Å². The summed E-state index contributed by atoms with van der Waals surface area (Å²) in [5.41, 5.74) is 0.